The van der Waals surface area contributed by atoms with Crippen LogP contribution in [-0.2, 0) is 0 Å². The van der Waals surface area contributed by atoms with Crippen molar-refractivity contribution in [3.05, 3.63) is 71.9 Å². The summed E-state index contributed by atoms with van der Waals surface area (Å²) in [6, 6.07) is 19.2. The summed E-state index contributed by atoms with van der Waals surface area (Å²) in [7, 11) is 0. The molecular weight excluding hydrogens is 380 g/mol. The van der Waals surface area contributed by atoms with E-state index >= 15 is 0 Å². The standard InChI is InChI=1S/C23H22N4O3/c28-23(24-17-5-2-1-3-6-17)18-9-11-22(26-25-18)27-12-4-7-19(27)16-8-10-20-21(15-16)30-14-13-29-20/h1-3,5-6,8-11,15,19H,4,7,12-14H2,(H,24,28). The van der Waals surface area contributed by atoms with Crippen LogP contribution in [0.1, 0.15) is 34.9 Å². The van der Waals surface area contributed by atoms with Crippen molar-refractivity contribution in [3.63, 3.8) is 0 Å². The highest BCUT2D eigenvalue weighted by molar-refractivity contribution is 6.02. The van der Waals surface area contributed by atoms with E-state index in [9.17, 15) is 4.79 Å². The Morgan fingerprint density at radius 3 is 2.60 bits per heavy atom. The first-order valence-electron chi connectivity index (χ1n) is 10.1. The van der Waals surface area contributed by atoms with Crippen LogP contribution in [0.15, 0.2) is 60.7 Å². The van der Waals surface area contributed by atoms with E-state index in [1.54, 1.807) is 6.07 Å². The summed E-state index contributed by atoms with van der Waals surface area (Å²) in [5.74, 6) is 2.08. The molecule has 152 valence electrons. The molecule has 1 N–H and O–H groups in total. The van der Waals surface area contributed by atoms with Gasteiger partial charge in [-0.1, -0.05) is 24.3 Å². The van der Waals surface area contributed by atoms with Crippen molar-refractivity contribution in [2.45, 2.75) is 18.9 Å². The summed E-state index contributed by atoms with van der Waals surface area (Å²) < 4.78 is 11.4. The molecular formula is C23H22N4O3. The predicted molar refractivity (Wildman–Crippen MR) is 113 cm³/mol. The quantitative estimate of drug-likeness (QED) is 0.715. The van der Waals surface area contributed by atoms with Crippen LogP contribution in [0.3, 0.4) is 0 Å². The van der Waals surface area contributed by atoms with Crippen molar-refractivity contribution < 1.29 is 14.3 Å². The van der Waals surface area contributed by atoms with E-state index in [4.69, 9.17) is 9.47 Å². The van der Waals surface area contributed by atoms with Gasteiger partial charge in [0.15, 0.2) is 23.0 Å². The van der Waals surface area contributed by atoms with Gasteiger partial charge in [0.1, 0.15) is 13.2 Å². The zero-order valence-corrected chi connectivity index (χ0v) is 16.5. The largest absolute Gasteiger partial charge is 0.486 e. The molecule has 0 saturated carbocycles. The molecule has 0 spiro atoms. The molecule has 2 aliphatic rings. The van der Waals surface area contributed by atoms with Crippen LogP contribution >= 0.6 is 0 Å². The third-order valence-electron chi connectivity index (χ3n) is 5.41. The SMILES string of the molecule is O=C(Nc1ccccc1)c1ccc(N2CCCC2c2ccc3c(c2)OCCO3)nn1. The lowest BCUT2D eigenvalue weighted by Gasteiger charge is -2.27. The molecule has 0 radical (unpaired) electrons. The van der Waals surface area contributed by atoms with E-state index in [2.05, 4.69) is 32.5 Å². The van der Waals surface area contributed by atoms with E-state index in [1.165, 1.54) is 5.56 Å². The molecule has 1 aromatic heterocycles. The molecule has 3 aromatic rings. The molecule has 1 amide bonds. The van der Waals surface area contributed by atoms with Crippen molar-refractivity contribution in [1.82, 2.24) is 10.2 Å². The highest BCUT2D eigenvalue weighted by Gasteiger charge is 2.29. The molecule has 7 heteroatoms. The molecule has 7 nitrogen and oxygen atoms in total. The van der Waals surface area contributed by atoms with Gasteiger partial charge >= 0.3 is 0 Å². The fourth-order valence-corrected chi connectivity index (χ4v) is 3.97. The zero-order chi connectivity index (χ0) is 20.3. The van der Waals surface area contributed by atoms with Crippen molar-refractivity contribution in [2.75, 3.05) is 30.0 Å². The minimum Gasteiger partial charge on any atom is -0.486 e. The second-order valence-corrected chi connectivity index (χ2v) is 7.35. The van der Waals surface area contributed by atoms with Crippen LogP contribution < -0.4 is 19.7 Å². The summed E-state index contributed by atoms with van der Waals surface area (Å²) in [6.07, 6.45) is 2.09. The predicted octanol–water partition coefficient (Wildman–Crippen LogP) is 3.84. The lowest BCUT2D eigenvalue weighted by atomic mass is 10.0. The number of amides is 1. The normalized spacial score (nSPS) is 17.6. The van der Waals surface area contributed by atoms with Crippen molar-refractivity contribution >= 4 is 17.4 Å². The van der Waals surface area contributed by atoms with Gasteiger partial charge in [-0.2, -0.15) is 0 Å². The first-order chi connectivity index (χ1) is 14.8. The van der Waals surface area contributed by atoms with Crippen LogP contribution in [0.25, 0.3) is 0 Å². The molecule has 1 fully saturated rings. The fourth-order valence-electron chi connectivity index (χ4n) is 3.97. The Kier molecular flexibility index (Phi) is 4.93. The summed E-state index contributed by atoms with van der Waals surface area (Å²) in [6.45, 7) is 2.05. The van der Waals surface area contributed by atoms with E-state index in [0.717, 1.165) is 42.4 Å². The molecule has 1 unspecified atom stereocenters. The number of aromatic nitrogens is 2. The number of benzene rings is 2. The third-order valence-corrected chi connectivity index (χ3v) is 5.41. The number of anilines is 2. The number of ether oxygens (including phenoxy) is 2. The summed E-state index contributed by atoms with van der Waals surface area (Å²) in [4.78, 5) is 14.6. The van der Waals surface area contributed by atoms with Gasteiger partial charge in [-0.25, -0.2) is 0 Å². The van der Waals surface area contributed by atoms with Gasteiger partial charge in [0.05, 0.1) is 6.04 Å². The van der Waals surface area contributed by atoms with Crippen LogP contribution in [0.5, 0.6) is 11.5 Å². The second kappa shape index (κ2) is 8.02. The van der Waals surface area contributed by atoms with Gasteiger partial charge < -0.3 is 19.7 Å². The molecule has 30 heavy (non-hydrogen) atoms. The number of carbonyl (C=O) groups is 1. The second-order valence-electron chi connectivity index (χ2n) is 7.35. The van der Waals surface area contributed by atoms with Gasteiger partial charge in [-0.15, -0.1) is 10.2 Å². The van der Waals surface area contributed by atoms with Gasteiger partial charge in [0.25, 0.3) is 5.91 Å². The Bertz CT molecular complexity index is 1040. The molecule has 5 rings (SSSR count). The van der Waals surface area contributed by atoms with Crippen LogP contribution in [0, 0.1) is 0 Å². The Balaban J connectivity index is 1.33. The molecule has 2 aromatic carbocycles. The van der Waals surface area contributed by atoms with Crippen molar-refractivity contribution in [2.24, 2.45) is 0 Å². The van der Waals surface area contributed by atoms with E-state index in [0.29, 0.717) is 13.2 Å². The van der Waals surface area contributed by atoms with E-state index in [-0.39, 0.29) is 17.6 Å². The maximum Gasteiger partial charge on any atom is 0.276 e. The lowest BCUT2D eigenvalue weighted by molar-refractivity contribution is 0.102. The van der Waals surface area contributed by atoms with Crippen molar-refractivity contribution in [1.29, 1.82) is 0 Å². The number of nitrogens with zero attached hydrogens (tertiary/aromatic N) is 3. The van der Waals surface area contributed by atoms with Gasteiger partial charge in [-0.3, -0.25) is 4.79 Å². The Morgan fingerprint density at radius 1 is 0.967 bits per heavy atom. The molecule has 0 bridgehead atoms. The monoisotopic (exact) mass is 402 g/mol. The van der Waals surface area contributed by atoms with Crippen LogP contribution in [0.4, 0.5) is 11.5 Å². The molecule has 1 atom stereocenters. The molecule has 2 aliphatic heterocycles. The first kappa shape index (κ1) is 18.4. The smallest absolute Gasteiger partial charge is 0.276 e. The number of para-hydroxylation sites is 1. The number of hydrogen-bond donors (Lipinski definition) is 1. The van der Waals surface area contributed by atoms with Crippen molar-refractivity contribution in [3.8, 4) is 11.5 Å². The minimum absolute atomic E-state index is 0.194. The lowest BCUT2D eigenvalue weighted by Crippen LogP contribution is -2.25. The summed E-state index contributed by atoms with van der Waals surface area (Å²) in [5, 5.41) is 11.3. The Labute approximate surface area is 174 Å². The van der Waals surface area contributed by atoms with Gasteiger partial charge in [-0.05, 0) is 54.8 Å². The van der Waals surface area contributed by atoms with Gasteiger partial charge in [0.2, 0.25) is 0 Å². The number of nitrogens with one attached hydrogen (secondary N) is 1. The molecule has 3 heterocycles. The topological polar surface area (TPSA) is 76.6 Å². The van der Waals surface area contributed by atoms with Gasteiger partial charge in [0, 0.05) is 12.2 Å². The average molecular weight is 402 g/mol. The number of carbonyl (C=O) groups excluding carboxylic acids is 1. The first-order valence-corrected chi connectivity index (χ1v) is 10.1. The third kappa shape index (κ3) is 3.66. The highest BCUT2D eigenvalue weighted by Crippen LogP contribution is 2.39. The van der Waals surface area contributed by atoms with E-state index in [1.807, 2.05) is 42.5 Å². The summed E-state index contributed by atoms with van der Waals surface area (Å²) >= 11 is 0. The molecule has 0 aliphatic carbocycles. The maximum absolute atomic E-state index is 12.4. The fraction of sp³-hybridized carbons (Fsp3) is 0.261. The number of fused-ring (bicyclic) bond motifs is 1. The molecule has 1 saturated heterocycles. The number of rotatable bonds is 4. The van der Waals surface area contributed by atoms with Crippen LogP contribution in [0.2, 0.25) is 0 Å². The Hall–Kier alpha value is -3.61. The minimum atomic E-state index is -0.273. The maximum atomic E-state index is 12.4. The zero-order valence-electron chi connectivity index (χ0n) is 16.5. The Morgan fingerprint density at radius 2 is 1.80 bits per heavy atom. The summed E-state index contributed by atoms with van der Waals surface area (Å²) in [5.41, 5.74) is 2.19. The highest BCUT2D eigenvalue weighted by atomic mass is 16.6. The average Bonchev–Trinajstić information content (AvgIpc) is 3.29. The van der Waals surface area contributed by atoms with E-state index < -0.39 is 0 Å². The van der Waals surface area contributed by atoms with Crippen LogP contribution in [-0.4, -0.2) is 35.9 Å². The number of hydrogen-bond acceptors (Lipinski definition) is 6.